The van der Waals surface area contributed by atoms with Gasteiger partial charge in [0.1, 0.15) is 17.7 Å². The molecule has 0 amide bonds. The van der Waals surface area contributed by atoms with Gasteiger partial charge in [0.15, 0.2) is 0 Å². The average Bonchev–Trinajstić information content (AvgIpc) is 2.72. The molecular formula is C22H23NO3. The molecule has 3 aromatic carbocycles. The number of benzene rings is 3. The molecule has 0 heterocycles. The quantitative estimate of drug-likeness (QED) is 0.629. The Balaban J connectivity index is 1.79. The van der Waals surface area contributed by atoms with Gasteiger partial charge in [0.25, 0.3) is 0 Å². The number of methoxy groups -OCH3 is 2. The van der Waals surface area contributed by atoms with Crippen molar-refractivity contribution in [3.05, 3.63) is 83.9 Å². The third-order valence-corrected chi connectivity index (χ3v) is 4.32. The molecule has 0 saturated carbocycles. The van der Waals surface area contributed by atoms with Gasteiger partial charge in [0.2, 0.25) is 0 Å². The summed E-state index contributed by atoms with van der Waals surface area (Å²) in [6.45, 7) is 0.470. The van der Waals surface area contributed by atoms with Crippen molar-refractivity contribution >= 4 is 0 Å². The smallest absolute Gasteiger partial charge is 0.131 e. The number of ether oxygens (including phenoxy) is 2. The van der Waals surface area contributed by atoms with Crippen molar-refractivity contribution in [2.75, 3.05) is 14.2 Å². The first kappa shape index (κ1) is 18.0. The molecule has 0 aromatic heterocycles. The van der Waals surface area contributed by atoms with Crippen molar-refractivity contribution < 1.29 is 14.6 Å². The largest absolute Gasteiger partial charge is 0.497 e. The van der Waals surface area contributed by atoms with Gasteiger partial charge in [-0.3, -0.25) is 5.32 Å². The van der Waals surface area contributed by atoms with Crippen molar-refractivity contribution in [2.45, 2.75) is 12.8 Å². The van der Waals surface area contributed by atoms with Crippen LogP contribution in [0.15, 0.2) is 72.8 Å². The molecule has 134 valence electrons. The SMILES string of the molecule is COc1ccc(CNC(O)c2ccccc2-c2ccccc2)c(OC)c1. The molecule has 3 rings (SSSR count). The first-order chi connectivity index (χ1) is 12.7. The summed E-state index contributed by atoms with van der Waals surface area (Å²) >= 11 is 0. The van der Waals surface area contributed by atoms with Gasteiger partial charge in [0, 0.05) is 23.7 Å². The van der Waals surface area contributed by atoms with Gasteiger partial charge in [-0.15, -0.1) is 0 Å². The van der Waals surface area contributed by atoms with Crippen LogP contribution < -0.4 is 14.8 Å². The fourth-order valence-electron chi connectivity index (χ4n) is 2.93. The van der Waals surface area contributed by atoms with Gasteiger partial charge in [-0.2, -0.15) is 0 Å². The van der Waals surface area contributed by atoms with Crippen LogP contribution in [0.3, 0.4) is 0 Å². The lowest BCUT2D eigenvalue weighted by Crippen LogP contribution is -2.21. The number of aliphatic hydroxyl groups excluding tert-OH is 1. The second-order valence-corrected chi connectivity index (χ2v) is 5.91. The Morgan fingerprint density at radius 2 is 1.62 bits per heavy atom. The van der Waals surface area contributed by atoms with Gasteiger partial charge in [-0.05, 0) is 17.2 Å². The lowest BCUT2D eigenvalue weighted by molar-refractivity contribution is 0.137. The number of rotatable bonds is 7. The van der Waals surface area contributed by atoms with Crippen LogP contribution in [0.25, 0.3) is 11.1 Å². The minimum atomic E-state index is -0.793. The second kappa shape index (κ2) is 8.52. The standard InChI is InChI=1S/C22H23NO3/c1-25-18-13-12-17(21(14-18)26-2)15-23-22(24)20-11-7-6-10-19(20)16-8-4-3-5-9-16/h3-14,22-24H,15H2,1-2H3. The van der Waals surface area contributed by atoms with E-state index >= 15 is 0 Å². The van der Waals surface area contributed by atoms with E-state index in [1.165, 1.54) is 0 Å². The Labute approximate surface area is 154 Å². The normalized spacial score (nSPS) is 11.8. The summed E-state index contributed by atoms with van der Waals surface area (Å²) in [4.78, 5) is 0. The van der Waals surface area contributed by atoms with Gasteiger partial charge in [0.05, 0.1) is 14.2 Å². The zero-order chi connectivity index (χ0) is 18.4. The predicted octanol–water partition coefficient (Wildman–Crippen LogP) is 4.15. The third kappa shape index (κ3) is 4.04. The zero-order valence-electron chi connectivity index (χ0n) is 15.0. The summed E-state index contributed by atoms with van der Waals surface area (Å²) in [5.41, 5.74) is 3.87. The third-order valence-electron chi connectivity index (χ3n) is 4.32. The number of hydrogen-bond donors (Lipinski definition) is 2. The van der Waals surface area contributed by atoms with E-state index in [-0.39, 0.29) is 0 Å². The molecule has 0 bridgehead atoms. The Bertz CT molecular complexity index is 849. The molecule has 4 nitrogen and oxygen atoms in total. The van der Waals surface area contributed by atoms with Crippen LogP contribution >= 0.6 is 0 Å². The Kier molecular flexibility index (Phi) is 5.89. The van der Waals surface area contributed by atoms with E-state index in [2.05, 4.69) is 5.32 Å². The van der Waals surface area contributed by atoms with Crippen LogP contribution in [0.4, 0.5) is 0 Å². The summed E-state index contributed by atoms with van der Waals surface area (Å²) in [7, 11) is 3.25. The predicted molar refractivity (Wildman–Crippen MR) is 103 cm³/mol. The lowest BCUT2D eigenvalue weighted by atomic mass is 9.98. The summed E-state index contributed by atoms with van der Waals surface area (Å²) in [6.07, 6.45) is -0.793. The molecule has 0 spiro atoms. The van der Waals surface area contributed by atoms with Crippen LogP contribution in [-0.2, 0) is 6.54 Å². The summed E-state index contributed by atoms with van der Waals surface area (Å²) in [5.74, 6) is 1.46. The number of aliphatic hydroxyl groups is 1. The van der Waals surface area contributed by atoms with Crippen molar-refractivity contribution in [3.63, 3.8) is 0 Å². The highest BCUT2D eigenvalue weighted by atomic mass is 16.5. The maximum atomic E-state index is 10.7. The van der Waals surface area contributed by atoms with Gasteiger partial charge >= 0.3 is 0 Å². The van der Waals surface area contributed by atoms with Gasteiger partial charge in [-0.1, -0.05) is 60.7 Å². The maximum absolute atomic E-state index is 10.7. The van der Waals surface area contributed by atoms with E-state index < -0.39 is 6.23 Å². The molecule has 0 fully saturated rings. The minimum Gasteiger partial charge on any atom is -0.497 e. The molecule has 0 aliphatic rings. The van der Waals surface area contributed by atoms with Crippen LogP contribution in [0.2, 0.25) is 0 Å². The fourth-order valence-corrected chi connectivity index (χ4v) is 2.93. The van der Waals surface area contributed by atoms with E-state index in [0.29, 0.717) is 6.54 Å². The van der Waals surface area contributed by atoms with Crippen LogP contribution in [0.1, 0.15) is 17.4 Å². The van der Waals surface area contributed by atoms with Crippen molar-refractivity contribution in [1.29, 1.82) is 0 Å². The fraction of sp³-hybridized carbons (Fsp3) is 0.182. The van der Waals surface area contributed by atoms with E-state index in [0.717, 1.165) is 33.8 Å². The molecular weight excluding hydrogens is 326 g/mol. The highest BCUT2D eigenvalue weighted by Gasteiger charge is 2.14. The zero-order valence-corrected chi connectivity index (χ0v) is 15.0. The molecule has 4 heteroatoms. The van der Waals surface area contributed by atoms with E-state index in [1.54, 1.807) is 14.2 Å². The summed E-state index contributed by atoms with van der Waals surface area (Å²) in [5, 5.41) is 13.9. The Morgan fingerprint density at radius 1 is 0.885 bits per heavy atom. The molecule has 26 heavy (non-hydrogen) atoms. The first-order valence-electron chi connectivity index (χ1n) is 8.49. The summed E-state index contributed by atoms with van der Waals surface area (Å²) in [6, 6.07) is 23.6. The highest BCUT2D eigenvalue weighted by Crippen LogP contribution is 2.28. The number of nitrogens with one attached hydrogen (secondary N) is 1. The Hall–Kier alpha value is -2.82. The first-order valence-corrected chi connectivity index (χ1v) is 8.49. The average molecular weight is 349 g/mol. The van der Waals surface area contributed by atoms with Crippen molar-refractivity contribution in [3.8, 4) is 22.6 Å². The van der Waals surface area contributed by atoms with Crippen LogP contribution in [0.5, 0.6) is 11.5 Å². The highest BCUT2D eigenvalue weighted by molar-refractivity contribution is 5.67. The topological polar surface area (TPSA) is 50.7 Å². The minimum absolute atomic E-state index is 0.470. The Morgan fingerprint density at radius 3 is 2.35 bits per heavy atom. The molecule has 2 N–H and O–H groups in total. The molecule has 0 aliphatic heterocycles. The van der Waals surface area contributed by atoms with Crippen molar-refractivity contribution in [1.82, 2.24) is 5.32 Å². The second-order valence-electron chi connectivity index (χ2n) is 5.91. The van der Waals surface area contributed by atoms with E-state index in [9.17, 15) is 5.11 Å². The number of hydrogen-bond acceptors (Lipinski definition) is 4. The van der Waals surface area contributed by atoms with Crippen LogP contribution in [-0.4, -0.2) is 19.3 Å². The lowest BCUT2D eigenvalue weighted by Gasteiger charge is -2.18. The van der Waals surface area contributed by atoms with E-state index in [4.69, 9.17) is 9.47 Å². The molecule has 1 unspecified atom stereocenters. The maximum Gasteiger partial charge on any atom is 0.131 e. The molecule has 0 saturated heterocycles. The van der Waals surface area contributed by atoms with Crippen molar-refractivity contribution in [2.24, 2.45) is 0 Å². The molecule has 0 aliphatic carbocycles. The molecule has 3 aromatic rings. The van der Waals surface area contributed by atoms with Gasteiger partial charge in [-0.25, -0.2) is 0 Å². The van der Waals surface area contributed by atoms with Crippen LogP contribution in [0, 0.1) is 0 Å². The summed E-state index contributed by atoms with van der Waals surface area (Å²) < 4.78 is 10.6. The molecule has 0 radical (unpaired) electrons. The molecule has 1 atom stereocenters. The monoisotopic (exact) mass is 349 g/mol. The van der Waals surface area contributed by atoms with Gasteiger partial charge < -0.3 is 14.6 Å². The van der Waals surface area contributed by atoms with E-state index in [1.807, 2.05) is 72.8 Å².